The quantitative estimate of drug-likeness (QED) is 0.904. The average Bonchev–Trinajstić information content (AvgIpc) is 2.92. The van der Waals surface area contributed by atoms with Crippen LogP contribution in [0.2, 0.25) is 0 Å². The Hall–Kier alpha value is -1.52. The highest BCUT2D eigenvalue weighted by Gasteiger charge is 2.33. The molecule has 0 bridgehead atoms. The van der Waals surface area contributed by atoms with Crippen LogP contribution < -0.4 is 15.2 Å². The summed E-state index contributed by atoms with van der Waals surface area (Å²) in [6.45, 7) is 2.90. The zero-order valence-corrected chi connectivity index (χ0v) is 11.0. The molecule has 4 heteroatoms. The van der Waals surface area contributed by atoms with E-state index in [1.54, 1.807) is 11.3 Å². The topological polar surface area (TPSA) is 44.5 Å². The molecule has 0 radical (unpaired) electrons. The fourth-order valence-corrected chi connectivity index (χ4v) is 2.64. The van der Waals surface area contributed by atoms with E-state index in [0.717, 1.165) is 22.6 Å². The van der Waals surface area contributed by atoms with Crippen LogP contribution in [0.25, 0.3) is 11.1 Å². The van der Waals surface area contributed by atoms with Crippen LogP contribution in [0.15, 0.2) is 35.0 Å². The summed E-state index contributed by atoms with van der Waals surface area (Å²) in [5.41, 5.74) is 7.53. The fraction of sp³-hybridized carbons (Fsp3) is 0.286. The van der Waals surface area contributed by atoms with Crippen molar-refractivity contribution in [2.24, 2.45) is 5.73 Å². The molecule has 2 aromatic rings. The van der Waals surface area contributed by atoms with Gasteiger partial charge in [0, 0.05) is 12.1 Å². The first-order chi connectivity index (χ1) is 8.72. The van der Waals surface area contributed by atoms with Gasteiger partial charge in [-0.3, -0.25) is 0 Å². The van der Waals surface area contributed by atoms with Crippen LogP contribution in [-0.2, 0) is 0 Å². The molecule has 3 rings (SSSR count). The number of nitrogens with two attached hydrogens (primary N) is 1. The molecule has 3 nitrogen and oxygen atoms in total. The summed E-state index contributed by atoms with van der Waals surface area (Å²) in [5.74, 6) is 1.60. The number of benzene rings is 1. The summed E-state index contributed by atoms with van der Waals surface area (Å²) in [4.78, 5) is 0. The molecule has 1 aromatic carbocycles. The third-order valence-electron chi connectivity index (χ3n) is 3.12. The third-order valence-corrected chi connectivity index (χ3v) is 3.81. The standard InChI is InChI=1S/C14H15NO2S/c1-14(8-15)9-16-12-4-2-3-11(13(12)17-14)10-5-6-18-7-10/h2-7H,8-9,15H2,1H3/t14-/m1/s1. The van der Waals surface area contributed by atoms with E-state index < -0.39 is 5.60 Å². The number of hydrogen-bond donors (Lipinski definition) is 1. The fourth-order valence-electron chi connectivity index (χ4n) is 1.99. The minimum absolute atomic E-state index is 0.435. The second kappa shape index (κ2) is 4.30. The van der Waals surface area contributed by atoms with Crippen LogP contribution in [0.3, 0.4) is 0 Å². The van der Waals surface area contributed by atoms with Crippen LogP contribution in [0, 0.1) is 0 Å². The Morgan fingerprint density at radius 3 is 3.00 bits per heavy atom. The van der Waals surface area contributed by atoms with Crippen molar-refractivity contribution in [3.05, 3.63) is 35.0 Å². The first kappa shape index (κ1) is 11.6. The van der Waals surface area contributed by atoms with Gasteiger partial charge in [0.2, 0.25) is 0 Å². The van der Waals surface area contributed by atoms with Crippen molar-refractivity contribution in [2.75, 3.05) is 13.2 Å². The SMILES string of the molecule is C[C@@]1(CN)COc2cccc(-c3ccsc3)c2O1. The smallest absolute Gasteiger partial charge is 0.170 e. The number of thiophene rings is 1. The summed E-state index contributed by atoms with van der Waals surface area (Å²) in [5, 5.41) is 4.16. The van der Waals surface area contributed by atoms with E-state index in [1.807, 2.05) is 25.1 Å². The van der Waals surface area contributed by atoms with Crippen molar-refractivity contribution in [2.45, 2.75) is 12.5 Å². The molecule has 1 atom stereocenters. The molecule has 0 spiro atoms. The van der Waals surface area contributed by atoms with Gasteiger partial charge in [-0.25, -0.2) is 0 Å². The predicted octanol–water partition coefficient (Wildman–Crippen LogP) is 2.90. The van der Waals surface area contributed by atoms with Crippen LogP contribution in [0.4, 0.5) is 0 Å². The van der Waals surface area contributed by atoms with Gasteiger partial charge >= 0.3 is 0 Å². The normalized spacial score (nSPS) is 21.9. The van der Waals surface area contributed by atoms with Crippen molar-refractivity contribution < 1.29 is 9.47 Å². The minimum Gasteiger partial charge on any atom is -0.485 e. The van der Waals surface area contributed by atoms with Gasteiger partial charge in [0.1, 0.15) is 6.61 Å². The summed E-state index contributed by atoms with van der Waals surface area (Å²) >= 11 is 1.67. The lowest BCUT2D eigenvalue weighted by atomic mass is 10.0. The highest BCUT2D eigenvalue weighted by Crippen LogP contribution is 2.43. The second-order valence-electron chi connectivity index (χ2n) is 4.69. The molecule has 1 aliphatic rings. The zero-order chi connectivity index (χ0) is 12.6. The average molecular weight is 261 g/mol. The van der Waals surface area contributed by atoms with Gasteiger partial charge in [-0.05, 0) is 35.4 Å². The van der Waals surface area contributed by atoms with Gasteiger partial charge in [0.25, 0.3) is 0 Å². The van der Waals surface area contributed by atoms with Gasteiger partial charge < -0.3 is 15.2 Å². The molecule has 1 aromatic heterocycles. The maximum absolute atomic E-state index is 6.08. The number of rotatable bonds is 2. The second-order valence-corrected chi connectivity index (χ2v) is 5.47. The number of ether oxygens (including phenoxy) is 2. The van der Waals surface area contributed by atoms with E-state index in [9.17, 15) is 0 Å². The molecule has 94 valence electrons. The lowest BCUT2D eigenvalue weighted by Gasteiger charge is -2.35. The first-order valence-corrected chi connectivity index (χ1v) is 6.84. The van der Waals surface area contributed by atoms with Gasteiger partial charge in [0.15, 0.2) is 17.1 Å². The summed E-state index contributed by atoms with van der Waals surface area (Å²) in [7, 11) is 0. The highest BCUT2D eigenvalue weighted by molar-refractivity contribution is 7.08. The molecule has 0 aliphatic carbocycles. The maximum Gasteiger partial charge on any atom is 0.170 e. The number of fused-ring (bicyclic) bond motifs is 1. The molecule has 2 N–H and O–H groups in total. The molecule has 2 heterocycles. The zero-order valence-electron chi connectivity index (χ0n) is 10.2. The van der Waals surface area contributed by atoms with Crippen LogP contribution >= 0.6 is 11.3 Å². The predicted molar refractivity (Wildman–Crippen MR) is 73.3 cm³/mol. The van der Waals surface area contributed by atoms with E-state index in [1.165, 1.54) is 0 Å². The van der Waals surface area contributed by atoms with Crippen molar-refractivity contribution in [3.63, 3.8) is 0 Å². The van der Waals surface area contributed by atoms with Gasteiger partial charge in [0.05, 0.1) is 0 Å². The molecule has 1 aliphatic heterocycles. The Morgan fingerprint density at radius 2 is 2.28 bits per heavy atom. The number of para-hydroxylation sites is 1. The third kappa shape index (κ3) is 1.87. The Balaban J connectivity index is 2.09. The van der Waals surface area contributed by atoms with E-state index >= 15 is 0 Å². The Morgan fingerprint density at radius 1 is 1.39 bits per heavy atom. The largest absolute Gasteiger partial charge is 0.485 e. The van der Waals surface area contributed by atoms with Gasteiger partial charge in [-0.15, -0.1) is 0 Å². The summed E-state index contributed by atoms with van der Waals surface area (Å²) < 4.78 is 11.8. The molecule has 0 saturated carbocycles. The number of hydrogen-bond acceptors (Lipinski definition) is 4. The van der Waals surface area contributed by atoms with Gasteiger partial charge in [-0.2, -0.15) is 11.3 Å². The van der Waals surface area contributed by atoms with Crippen molar-refractivity contribution >= 4 is 11.3 Å². The van der Waals surface area contributed by atoms with E-state index in [4.69, 9.17) is 15.2 Å². The molecule has 0 fully saturated rings. The van der Waals surface area contributed by atoms with E-state index in [2.05, 4.69) is 16.8 Å². The minimum atomic E-state index is -0.445. The molecule has 0 unspecified atom stereocenters. The van der Waals surface area contributed by atoms with E-state index in [0.29, 0.717) is 13.2 Å². The molecular formula is C14H15NO2S. The first-order valence-electron chi connectivity index (χ1n) is 5.89. The van der Waals surface area contributed by atoms with E-state index in [-0.39, 0.29) is 0 Å². The monoisotopic (exact) mass is 261 g/mol. The summed E-state index contributed by atoms with van der Waals surface area (Å²) in [6.07, 6.45) is 0. The lowest BCUT2D eigenvalue weighted by molar-refractivity contribution is 0.0141. The van der Waals surface area contributed by atoms with Crippen molar-refractivity contribution in [1.29, 1.82) is 0 Å². The molecular weight excluding hydrogens is 246 g/mol. The van der Waals surface area contributed by atoms with Gasteiger partial charge in [-0.1, -0.05) is 12.1 Å². The Labute approximate surface area is 110 Å². The lowest BCUT2D eigenvalue weighted by Crippen LogP contribution is -2.48. The van der Waals surface area contributed by atoms with Crippen molar-refractivity contribution in [1.82, 2.24) is 0 Å². The summed E-state index contributed by atoms with van der Waals surface area (Å²) in [6, 6.07) is 8.05. The Kier molecular flexibility index (Phi) is 2.76. The molecule has 0 saturated heterocycles. The van der Waals surface area contributed by atoms with Crippen molar-refractivity contribution in [3.8, 4) is 22.6 Å². The van der Waals surface area contributed by atoms with Crippen LogP contribution in [0.1, 0.15) is 6.92 Å². The Bertz CT molecular complexity index is 553. The molecule has 18 heavy (non-hydrogen) atoms. The maximum atomic E-state index is 6.08. The molecule has 0 amide bonds. The van der Waals surface area contributed by atoms with Crippen LogP contribution in [-0.4, -0.2) is 18.8 Å². The van der Waals surface area contributed by atoms with Crippen LogP contribution in [0.5, 0.6) is 11.5 Å². The highest BCUT2D eigenvalue weighted by atomic mass is 32.1.